The van der Waals surface area contributed by atoms with Crippen molar-refractivity contribution in [1.82, 2.24) is 15.1 Å². The number of carbonyl (C=O) groups excluding carboxylic acids is 4. The number of Topliss-reactive ketones (excluding diaryl/α,β-unsaturated/α-hetero) is 1. The number of hydrogen-bond donors (Lipinski definition) is 1. The maximum absolute atomic E-state index is 13.2. The fourth-order valence-electron chi connectivity index (χ4n) is 4.05. The van der Waals surface area contributed by atoms with Crippen molar-refractivity contribution in [1.29, 1.82) is 0 Å². The summed E-state index contributed by atoms with van der Waals surface area (Å²) in [6.07, 6.45) is 3.99. The van der Waals surface area contributed by atoms with E-state index in [9.17, 15) is 19.2 Å². The Balaban J connectivity index is 0.00000300. The van der Waals surface area contributed by atoms with Crippen LogP contribution >= 0.6 is 12.4 Å². The van der Waals surface area contributed by atoms with Gasteiger partial charge in [-0.3, -0.25) is 24.6 Å². The predicted octanol–water partition coefficient (Wildman–Crippen LogP) is 2.28. The SMILES string of the molecule is CCC1(c2ccccc2)C(=O)NC(=O)N(CC(=O)CCN2CCCCC2)C1=O.Cl. The van der Waals surface area contributed by atoms with E-state index in [1.54, 1.807) is 37.3 Å². The number of benzene rings is 1. The number of piperidine rings is 1. The molecule has 1 atom stereocenters. The van der Waals surface area contributed by atoms with Crippen molar-refractivity contribution >= 4 is 36.0 Å². The summed E-state index contributed by atoms with van der Waals surface area (Å²) in [6.45, 7) is 4.03. The topological polar surface area (TPSA) is 86.8 Å². The summed E-state index contributed by atoms with van der Waals surface area (Å²) in [6, 6.07) is 7.88. The van der Waals surface area contributed by atoms with E-state index in [2.05, 4.69) is 10.2 Å². The molecule has 1 unspecified atom stereocenters. The number of nitrogens with zero attached hydrogens (tertiary/aromatic N) is 2. The summed E-state index contributed by atoms with van der Waals surface area (Å²) in [5.41, 5.74) is -0.958. The van der Waals surface area contributed by atoms with E-state index < -0.39 is 23.3 Å². The summed E-state index contributed by atoms with van der Waals surface area (Å²) < 4.78 is 0. The maximum Gasteiger partial charge on any atom is 0.331 e. The molecule has 7 nitrogen and oxygen atoms in total. The molecule has 4 amide bonds. The minimum Gasteiger partial charge on any atom is -0.303 e. The van der Waals surface area contributed by atoms with Crippen molar-refractivity contribution in [2.45, 2.75) is 44.4 Å². The Kier molecular flexibility index (Phi) is 7.93. The van der Waals surface area contributed by atoms with Crippen LogP contribution in [0.15, 0.2) is 30.3 Å². The van der Waals surface area contributed by atoms with Crippen LogP contribution in [0.1, 0.15) is 44.6 Å². The lowest BCUT2D eigenvalue weighted by Gasteiger charge is -2.38. The quantitative estimate of drug-likeness (QED) is 0.682. The first kappa shape index (κ1) is 23.0. The van der Waals surface area contributed by atoms with Gasteiger partial charge in [0.05, 0.1) is 6.54 Å². The van der Waals surface area contributed by atoms with Crippen molar-refractivity contribution < 1.29 is 19.2 Å². The first-order chi connectivity index (χ1) is 13.5. The molecule has 8 heteroatoms. The molecule has 29 heavy (non-hydrogen) atoms. The van der Waals surface area contributed by atoms with Gasteiger partial charge < -0.3 is 4.90 Å². The molecular weight excluding hydrogens is 394 g/mol. The van der Waals surface area contributed by atoms with Crippen LogP contribution in [-0.2, 0) is 19.8 Å². The van der Waals surface area contributed by atoms with Gasteiger partial charge in [0.1, 0.15) is 0 Å². The first-order valence-corrected chi connectivity index (χ1v) is 9.96. The zero-order valence-electron chi connectivity index (χ0n) is 16.7. The van der Waals surface area contributed by atoms with Crippen LogP contribution in [0.25, 0.3) is 0 Å². The number of nitrogens with one attached hydrogen (secondary N) is 1. The fourth-order valence-corrected chi connectivity index (χ4v) is 4.05. The monoisotopic (exact) mass is 421 g/mol. The van der Waals surface area contributed by atoms with E-state index in [1.165, 1.54) is 6.42 Å². The van der Waals surface area contributed by atoms with Crippen LogP contribution in [0.3, 0.4) is 0 Å². The van der Waals surface area contributed by atoms with Gasteiger partial charge in [-0.25, -0.2) is 4.79 Å². The van der Waals surface area contributed by atoms with Gasteiger partial charge in [0.15, 0.2) is 11.2 Å². The van der Waals surface area contributed by atoms with Gasteiger partial charge in [0, 0.05) is 13.0 Å². The number of likely N-dealkylation sites (tertiary alicyclic amines) is 1. The van der Waals surface area contributed by atoms with Gasteiger partial charge in [0.25, 0.3) is 5.91 Å². The number of halogens is 1. The molecule has 0 spiro atoms. The third-order valence-electron chi connectivity index (χ3n) is 5.75. The van der Waals surface area contributed by atoms with Gasteiger partial charge in [-0.1, -0.05) is 43.7 Å². The van der Waals surface area contributed by atoms with E-state index in [0.29, 0.717) is 12.1 Å². The second kappa shape index (κ2) is 9.98. The van der Waals surface area contributed by atoms with Gasteiger partial charge >= 0.3 is 6.03 Å². The summed E-state index contributed by atoms with van der Waals surface area (Å²) in [4.78, 5) is 53.8. The Morgan fingerprint density at radius 1 is 1.07 bits per heavy atom. The number of amides is 4. The highest BCUT2D eigenvalue weighted by molar-refractivity contribution is 6.23. The predicted molar refractivity (Wildman–Crippen MR) is 111 cm³/mol. The smallest absolute Gasteiger partial charge is 0.303 e. The molecule has 0 aromatic heterocycles. The number of rotatable bonds is 7. The molecule has 2 aliphatic heterocycles. The van der Waals surface area contributed by atoms with Crippen molar-refractivity contribution in [2.75, 3.05) is 26.2 Å². The molecule has 0 radical (unpaired) electrons. The average Bonchev–Trinajstić information content (AvgIpc) is 2.72. The third kappa shape index (κ3) is 4.67. The van der Waals surface area contributed by atoms with Crippen LogP contribution in [0.5, 0.6) is 0 Å². The molecule has 0 saturated carbocycles. The Morgan fingerprint density at radius 3 is 2.34 bits per heavy atom. The van der Waals surface area contributed by atoms with Crippen molar-refractivity contribution in [3.05, 3.63) is 35.9 Å². The number of carbonyl (C=O) groups is 4. The molecule has 1 aromatic rings. The third-order valence-corrected chi connectivity index (χ3v) is 5.75. The van der Waals surface area contributed by atoms with Gasteiger partial charge in [-0.15, -0.1) is 12.4 Å². The largest absolute Gasteiger partial charge is 0.331 e. The number of ketones is 1. The van der Waals surface area contributed by atoms with Crippen LogP contribution < -0.4 is 5.32 Å². The van der Waals surface area contributed by atoms with E-state index in [4.69, 9.17) is 0 Å². The molecule has 0 bridgehead atoms. The second-order valence-electron chi connectivity index (χ2n) is 7.47. The van der Waals surface area contributed by atoms with Gasteiger partial charge in [-0.2, -0.15) is 0 Å². The Bertz CT molecular complexity index is 764. The number of hydrogen-bond acceptors (Lipinski definition) is 5. The summed E-state index contributed by atoms with van der Waals surface area (Å²) in [5, 5.41) is 2.28. The van der Waals surface area contributed by atoms with Crippen LogP contribution in [0, 0.1) is 0 Å². The van der Waals surface area contributed by atoms with Crippen LogP contribution in [0.4, 0.5) is 4.79 Å². The number of urea groups is 1. The van der Waals surface area contributed by atoms with Gasteiger partial charge in [0.2, 0.25) is 5.91 Å². The van der Waals surface area contributed by atoms with Crippen molar-refractivity contribution in [2.24, 2.45) is 0 Å². The zero-order chi connectivity index (χ0) is 20.1. The van der Waals surface area contributed by atoms with Crippen molar-refractivity contribution in [3.63, 3.8) is 0 Å². The summed E-state index contributed by atoms with van der Waals surface area (Å²) >= 11 is 0. The summed E-state index contributed by atoms with van der Waals surface area (Å²) in [7, 11) is 0. The van der Waals surface area contributed by atoms with E-state index in [0.717, 1.165) is 30.8 Å². The Labute approximate surface area is 177 Å². The standard InChI is InChI=1S/C21H27N3O4.ClH/c1-2-21(16-9-5-3-6-10-16)18(26)22-20(28)24(19(21)27)15-17(25)11-14-23-12-7-4-8-13-23;/h3,5-6,9-10H,2,4,7-8,11-15H2,1H3,(H,22,26,28);1H. The second-order valence-corrected chi connectivity index (χ2v) is 7.47. The minimum atomic E-state index is -1.48. The Morgan fingerprint density at radius 2 is 1.72 bits per heavy atom. The minimum absolute atomic E-state index is 0. The molecule has 2 fully saturated rings. The molecule has 0 aliphatic carbocycles. The van der Waals surface area contributed by atoms with E-state index >= 15 is 0 Å². The van der Waals surface area contributed by atoms with Crippen LogP contribution in [0.2, 0.25) is 0 Å². The summed E-state index contributed by atoms with van der Waals surface area (Å²) in [5.74, 6) is -1.43. The van der Waals surface area contributed by atoms with Crippen molar-refractivity contribution in [3.8, 4) is 0 Å². The highest BCUT2D eigenvalue weighted by Gasteiger charge is 2.54. The number of barbiturate groups is 1. The zero-order valence-corrected chi connectivity index (χ0v) is 17.5. The molecule has 158 valence electrons. The average molecular weight is 422 g/mol. The molecular formula is C21H28ClN3O4. The lowest BCUT2D eigenvalue weighted by atomic mass is 9.74. The molecule has 1 N–H and O–H groups in total. The highest BCUT2D eigenvalue weighted by Crippen LogP contribution is 2.33. The first-order valence-electron chi connectivity index (χ1n) is 9.96. The maximum atomic E-state index is 13.2. The molecule has 1 aromatic carbocycles. The molecule has 2 aliphatic rings. The Hall–Kier alpha value is -2.25. The molecule has 2 heterocycles. The van der Waals surface area contributed by atoms with Gasteiger partial charge in [-0.05, 0) is 37.9 Å². The van der Waals surface area contributed by atoms with E-state index in [1.807, 2.05) is 0 Å². The normalized spacial score (nSPS) is 22.8. The number of imide groups is 2. The lowest BCUT2D eigenvalue weighted by Crippen LogP contribution is -2.66. The lowest BCUT2D eigenvalue weighted by molar-refractivity contribution is -0.147. The van der Waals surface area contributed by atoms with Crippen LogP contribution in [-0.4, -0.2) is 59.6 Å². The molecule has 3 rings (SSSR count). The molecule has 2 saturated heterocycles. The fraction of sp³-hybridized carbons (Fsp3) is 0.524. The van der Waals surface area contributed by atoms with E-state index in [-0.39, 0.29) is 37.6 Å². The highest BCUT2D eigenvalue weighted by atomic mass is 35.5.